The highest BCUT2D eigenvalue weighted by atomic mass is 79.9. The van der Waals surface area contributed by atoms with Crippen LogP contribution in [0.5, 0.6) is 23.0 Å². The van der Waals surface area contributed by atoms with E-state index in [1.54, 1.807) is 35.4 Å². The fourth-order valence-electron chi connectivity index (χ4n) is 2.77. The van der Waals surface area contributed by atoms with Gasteiger partial charge in [-0.1, -0.05) is 38.8 Å². The summed E-state index contributed by atoms with van der Waals surface area (Å²) < 4.78 is 23.2. The third-order valence-corrected chi connectivity index (χ3v) is 5.63. The monoisotopic (exact) mass is 515 g/mol. The lowest BCUT2D eigenvalue weighted by Crippen LogP contribution is -2.29. The number of rotatable bonds is 8. The molecule has 1 N–H and O–H groups in total. The maximum absolute atomic E-state index is 12.3. The van der Waals surface area contributed by atoms with E-state index in [1.807, 2.05) is 24.3 Å². The Morgan fingerprint density at radius 2 is 1.18 bits per heavy atom. The molecule has 2 aromatic rings. The SMILES string of the molecule is CCC(=O)NC(c1cc(OC)c(OC)cc1Br)c1cc(OC)c(OC)cc1Br. The molecule has 2 aromatic carbocycles. The first-order valence-electron chi connectivity index (χ1n) is 8.52. The highest BCUT2D eigenvalue weighted by Crippen LogP contribution is 2.42. The second kappa shape index (κ2) is 10.0. The van der Waals surface area contributed by atoms with Gasteiger partial charge < -0.3 is 24.3 Å². The third-order valence-electron chi connectivity index (χ3n) is 4.25. The molecule has 0 saturated heterocycles. The fraction of sp³-hybridized carbons (Fsp3) is 0.350. The van der Waals surface area contributed by atoms with E-state index >= 15 is 0 Å². The molecule has 1 amide bonds. The normalized spacial score (nSPS) is 10.6. The Bertz CT molecular complexity index is 795. The average Bonchev–Trinajstić information content (AvgIpc) is 2.71. The van der Waals surface area contributed by atoms with E-state index < -0.39 is 6.04 Å². The Balaban J connectivity index is 2.69. The van der Waals surface area contributed by atoms with Crippen LogP contribution in [0.15, 0.2) is 33.2 Å². The van der Waals surface area contributed by atoms with Gasteiger partial charge in [0.2, 0.25) is 5.91 Å². The average molecular weight is 517 g/mol. The van der Waals surface area contributed by atoms with Gasteiger partial charge >= 0.3 is 0 Å². The van der Waals surface area contributed by atoms with E-state index in [0.29, 0.717) is 29.4 Å². The summed E-state index contributed by atoms with van der Waals surface area (Å²) in [5.41, 5.74) is 1.62. The summed E-state index contributed by atoms with van der Waals surface area (Å²) in [5.74, 6) is 2.21. The Hall–Kier alpha value is -1.93. The minimum absolute atomic E-state index is 0.0895. The van der Waals surface area contributed by atoms with Gasteiger partial charge in [-0.2, -0.15) is 0 Å². The van der Waals surface area contributed by atoms with Crippen molar-refractivity contribution in [2.45, 2.75) is 19.4 Å². The topological polar surface area (TPSA) is 66.0 Å². The minimum atomic E-state index is -0.462. The molecule has 0 fully saturated rings. The van der Waals surface area contributed by atoms with Crippen LogP contribution in [0.4, 0.5) is 0 Å². The Morgan fingerprint density at radius 1 is 0.821 bits per heavy atom. The molecule has 0 aliphatic rings. The largest absolute Gasteiger partial charge is 0.493 e. The summed E-state index contributed by atoms with van der Waals surface area (Å²) in [4.78, 5) is 12.3. The smallest absolute Gasteiger partial charge is 0.220 e. The fourth-order valence-corrected chi connectivity index (χ4v) is 3.87. The molecule has 0 spiro atoms. The Labute approximate surface area is 181 Å². The van der Waals surface area contributed by atoms with Crippen molar-refractivity contribution in [2.24, 2.45) is 0 Å². The van der Waals surface area contributed by atoms with Crippen molar-refractivity contribution in [3.8, 4) is 23.0 Å². The van der Waals surface area contributed by atoms with Gasteiger partial charge in [0, 0.05) is 15.4 Å². The second-order valence-electron chi connectivity index (χ2n) is 5.81. The molecule has 0 aromatic heterocycles. The standard InChI is InChI=1S/C20H23Br2NO5/c1-6-19(24)23-20(11-7-15(25-2)17(27-4)9-13(11)21)12-8-16(26-3)18(28-5)10-14(12)22/h7-10,20H,6H2,1-5H3,(H,23,24). The molecule has 0 aliphatic heterocycles. The number of carbonyl (C=O) groups excluding carboxylic acids is 1. The second-order valence-corrected chi connectivity index (χ2v) is 7.52. The molecular weight excluding hydrogens is 494 g/mol. The summed E-state index contributed by atoms with van der Waals surface area (Å²) >= 11 is 7.18. The molecule has 0 aliphatic carbocycles. The molecule has 2 rings (SSSR count). The molecule has 8 heteroatoms. The molecule has 0 unspecified atom stereocenters. The first-order chi connectivity index (χ1) is 13.4. The Morgan fingerprint density at radius 3 is 1.50 bits per heavy atom. The lowest BCUT2D eigenvalue weighted by molar-refractivity contribution is -0.121. The van der Waals surface area contributed by atoms with Gasteiger partial charge in [0.1, 0.15) is 0 Å². The highest BCUT2D eigenvalue weighted by molar-refractivity contribution is 9.10. The van der Waals surface area contributed by atoms with Crippen LogP contribution in [0, 0.1) is 0 Å². The lowest BCUT2D eigenvalue weighted by Gasteiger charge is -2.24. The molecule has 0 saturated carbocycles. The maximum Gasteiger partial charge on any atom is 0.220 e. The van der Waals surface area contributed by atoms with E-state index in [4.69, 9.17) is 18.9 Å². The maximum atomic E-state index is 12.3. The summed E-state index contributed by atoms with van der Waals surface area (Å²) in [6.45, 7) is 1.81. The van der Waals surface area contributed by atoms with E-state index in [9.17, 15) is 4.79 Å². The van der Waals surface area contributed by atoms with Gasteiger partial charge in [-0.3, -0.25) is 4.79 Å². The van der Waals surface area contributed by atoms with Gasteiger partial charge in [0.25, 0.3) is 0 Å². The lowest BCUT2D eigenvalue weighted by atomic mass is 9.97. The quantitative estimate of drug-likeness (QED) is 0.542. The molecule has 0 radical (unpaired) electrons. The summed E-state index contributed by atoms with van der Waals surface area (Å²) in [7, 11) is 6.29. The van der Waals surface area contributed by atoms with Gasteiger partial charge in [-0.15, -0.1) is 0 Å². The number of benzene rings is 2. The van der Waals surface area contributed by atoms with Crippen LogP contribution in [0.1, 0.15) is 30.5 Å². The van der Waals surface area contributed by atoms with E-state index in [1.165, 1.54) is 0 Å². The van der Waals surface area contributed by atoms with Crippen molar-refractivity contribution >= 4 is 37.8 Å². The summed E-state index contributed by atoms with van der Waals surface area (Å²) in [6, 6.07) is 6.84. The van der Waals surface area contributed by atoms with Crippen molar-refractivity contribution in [3.05, 3.63) is 44.3 Å². The predicted molar refractivity (Wildman–Crippen MR) is 115 cm³/mol. The van der Waals surface area contributed by atoms with Crippen LogP contribution >= 0.6 is 31.9 Å². The molecule has 0 heterocycles. The van der Waals surface area contributed by atoms with Crippen LogP contribution < -0.4 is 24.3 Å². The number of nitrogens with one attached hydrogen (secondary N) is 1. The zero-order valence-electron chi connectivity index (χ0n) is 16.4. The highest BCUT2D eigenvalue weighted by Gasteiger charge is 2.25. The molecule has 0 atom stereocenters. The molecule has 6 nitrogen and oxygen atoms in total. The summed E-state index contributed by atoms with van der Waals surface area (Å²) in [6.07, 6.45) is 0.353. The van der Waals surface area contributed by atoms with Gasteiger partial charge in [-0.25, -0.2) is 0 Å². The molecular formula is C20H23Br2NO5. The van der Waals surface area contributed by atoms with Crippen molar-refractivity contribution in [3.63, 3.8) is 0 Å². The number of ether oxygens (including phenoxy) is 4. The van der Waals surface area contributed by atoms with Gasteiger partial charge in [0.05, 0.1) is 34.5 Å². The van der Waals surface area contributed by atoms with E-state index in [-0.39, 0.29) is 5.91 Å². The number of amides is 1. The summed E-state index contributed by atoms with van der Waals surface area (Å²) in [5, 5.41) is 3.07. The van der Waals surface area contributed by atoms with Gasteiger partial charge in [0.15, 0.2) is 23.0 Å². The van der Waals surface area contributed by atoms with Crippen LogP contribution in [0.25, 0.3) is 0 Å². The number of carbonyl (C=O) groups is 1. The zero-order valence-corrected chi connectivity index (χ0v) is 19.6. The van der Waals surface area contributed by atoms with Crippen molar-refractivity contribution in [1.29, 1.82) is 0 Å². The molecule has 0 bridgehead atoms. The number of hydrogen-bond acceptors (Lipinski definition) is 5. The molecule has 152 valence electrons. The van der Waals surface area contributed by atoms with Crippen molar-refractivity contribution in [1.82, 2.24) is 5.32 Å². The number of hydrogen-bond donors (Lipinski definition) is 1. The first kappa shape index (κ1) is 22.4. The van der Waals surface area contributed by atoms with Gasteiger partial charge in [-0.05, 0) is 35.4 Å². The first-order valence-corrected chi connectivity index (χ1v) is 10.1. The molecule has 28 heavy (non-hydrogen) atoms. The van der Waals surface area contributed by atoms with Crippen LogP contribution in [0.3, 0.4) is 0 Å². The van der Waals surface area contributed by atoms with E-state index in [2.05, 4.69) is 37.2 Å². The zero-order chi connectivity index (χ0) is 20.8. The minimum Gasteiger partial charge on any atom is -0.493 e. The van der Waals surface area contributed by atoms with Crippen LogP contribution in [-0.4, -0.2) is 34.3 Å². The van der Waals surface area contributed by atoms with E-state index in [0.717, 1.165) is 20.1 Å². The van der Waals surface area contributed by atoms with Crippen molar-refractivity contribution < 1.29 is 23.7 Å². The van der Waals surface area contributed by atoms with Crippen LogP contribution in [-0.2, 0) is 4.79 Å². The predicted octanol–water partition coefficient (Wildman–Crippen LogP) is 4.86. The number of halogens is 2. The Kier molecular flexibility index (Phi) is 8.00. The third kappa shape index (κ3) is 4.72. The number of methoxy groups -OCH3 is 4. The van der Waals surface area contributed by atoms with Crippen molar-refractivity contribution in [2.75, 3.05) is 28.4 Å². The van der Waals surface area contributed by atoms with Crippen LogP contribution in [0.2, 0.25) is 0 Å².